The van der Waals surface area contributed by atoms with Crippen LogP contribution >= 0.6 is 0 Å². The van der Waals surface area contributed by atoms with Crippen LogP contribution in [0.4, 0.5) is 0 Å². The lowest BCUT2D eigenvalue weighted by atomic mass is 10.0. The second-order valence-corrected chi connectivity index (χ2v) is 7.41. The van der Waals surface area contributed by atoms with Gasteiger partial charge in [0.2, 0.25) is 10.0 Å². The van der Waals surface area contributed by atoms with Crippen molar-refractivity contribution in [1.82, 2.24) is 5.32 Å². The highest BCUT2D eigenvalue weighted by atomic mass is 32.2. The van der Waals surface area contributed by atoms with E-state index < -0.39 is 10.0 Å². The van der Waals surface area contributed by atoms with Crippen LogP contribution in [0.1, 0.15) is 49.4 Å². The van der Waals surface area contributed by atoms with Crippen molar-refractivity contribution in [2.24, 2.45) is 11.1 Å². The first-order valence-electron chi connectivity index (χ1n) is 7.30. The molecule has 0 heterocycles. The van der Waals surface area contributed by atoms with Gasteiger partial charge in [0.05, 0.1) is 4.90 Å². The Kier molecular flexibility index (Phi) is 5.00. The molecular formula is C15H22N2O3S. The van der Waals surface area contributed by atoms with E-state index >= 15 is 0 Å². The van der Waals surface area contributed by atoms with Gasteiger partial charge in [-0.15, -0.1) is 0 Å². The monoisotopic (exact) mass is 310 g/mol. The summed E-state index contributed by atoms with van der Waals surface area (Å²) in [6.07, 6.45) is 5.49. The van der Waals surface area contributed by atoms with Crippen LogP contribution in [-0.2, 0) is 10.0 Å². The summed E-state index contributed by atoms with van der Waals surface area (Å²) in [5.74, 6) is 0.566. The van der Waals surface area contributed by atoms with Gasteiger partial charge in [-0.2, -0.15) is 0 Å². The Morgan fingerprint density at radius 1 is 1.14 bits per heavy atom. The third-order valence-corrected chi connectivity index (χ3v) is 4.97. The molecule has 0 bridgehead atoms. The number of carbonyl (C=O) groups excluding carboxylic acids is 1. The number of carbonyl (C=O) groups is 1. The molecule has 2 unspecified atom stereocenters. The van der Waals surface area contributed by atoms with Crippen molar-refractivity contribution >= 4 is 15.9 Å². The molecule has 1 aromatic rings. The minimum Gasteiger partial charge on any atom is -0.349 e. The molecule has 1 aromatic carbocycles. The van der Waals surface area contributed by atoms with E-state index in [4.69, 9.17) is 5.14 Å². The molecule has 1 aliphatic rings. The molecule has 2 rings (SSSR count). The average Bonchev–Trinajstić information content (AvgIpc) is 2.63. The summed E-state index contributed by atoms with van der Waals surface area (Å²) in [6, 6.07) is 5.92. The molecule has 0 saturated heterocycles. The lowest BCUT2D eigenvalue weighted by Gasteiger charge is -2.16. The molecule has 0 radical (unpaired) electrons. The molecule has 2 atom stereocenters. The summed E-state index contributed by atoms with van der Waals surface area (Å²) in [4.78, 5) is 12.2. The van der Waals surface area contributed by atoms with E-state index in [1.54, 1.807) is 0 Å². The van der Waals surface area contributed by atoms with Gasteiger partial charge >= 0.3 is 0 Å². The van der Waals surface area contributed by atoms with E-state index in [0.29, 0.717) is 5.56 Å². The fraction of sp³-hybridized carbons (Fsp3) is 0.533. The predicted octanol–water partition coefficient (Wildman–Crippen LogP) is 2.03. The maximum Gasteiger partial charge on any atom is 0.251 e. The molecule has 5 nitrogen and oxygen atoms in total. The Morgan fingerprint density at radius 3 is 2.43 bits per heavy atom. The van der Waals surface area contributed by atoms with Crippen LogP contribution in [-0.4, -0.2) is 20.4 Å². The van der Waals surface area contributed by atoms with Crippen molar-refractivity contribution < 1.29 is 13.2 Å². The molecule has 1 saturated carbocycles. The van der Waals surface area contributed by atoms with Crippen LogP contribution in [0, 0.1) is 5.92 Å². The lowest BCUT2D eigenvalue weighted by Crippen LogP contribution is -2.34. The predicted molar refractivity (Wildman–Crippen MR) is 81.3 cm³/mol. The third-order valence-electron chi connectivity index (χ3n) is 4.04. The van der Waals surface area contributed by atoms with Crippen LogP contribution in [0.2, 0.25) is 0 Å². The fourth-order valence-electron chi connectivity index (χ4n) is 2.70. The van der Waals surface area contributed by atoms with Crippen molar-refractivity contribution in [3.8, 4) is 0 Å². The summed E-state index contributed by atoms with van der Waals surface area (Å²) in [6.45, 7) is 2.25. The molecule has 0 aliphatic heterocycles. The Labute approximate surface area is 126 Å². The number of sulfonamides is 1. The van der Waals surface area contributed by atoms with Crippen LogP contribution in [0.3, 0.4) is 0 Å². The number of nitrogens with two attached hydrogens (primary N) is 1. The zero-order valence-corrected chi connectivity index (χ0v) is 13.0. The normalized spacial score (nSPS) is 23.3. The van der Waals surface area contributed by atoms with Crippen LogP contribution < -0.4 is 10.5 Å². The first-order valence-corrected chi connectivity index (χ1v) is 8.84. The Morgan fingerprint density at radius 2 is 1.81 bits per heavy atom. The first-order chi connectivity index (χ1) is 9.86. The molecule has 0 aromatic heterocycles. The minimum absolute atomic E-state index is 0.0161. The topological polar surface area (TPSA) is 89.3 Å². The van der Waals surface area contributed by atoms with E-state index in [2.05, 4.69) is 12.2 Å². The number of primary sulfonamides is 1. The average molecular weight is 310 g/mol. The highest BCUT2D eigenvalue weighted by Crippen LogP contribution is 2.22. The largest absolute Gasteiger partial charge is 0.349 e. The van der Waals surface area contributed by atoms with E-state index in [-0.39, 0.29) is 16.8 Å². The summed E-state index contributed by atoms with van der Waals surface area (Å²) >= 11 is 0. The second-order valence-electron chi connectivity index (χ2n) is 5.85. The van der Waals surface area contributed by atoms with E-state index in [1.807, 2.05) is 0 Å². The molecule has 1 fully saturated rings. The van der Waals surface area contributed by atoms with Crippen LogP contribution in [0.5, 0.6) is 0 Å². The van der Waals surface area contributed by atoms with Crippen molar-refractivity contribution in [3.63, 3.8) is 0 Å². The summed E-state index contributed by atoms with van der Waals surface area (Å²) in [7, 11) is -3.72. The molecule has 3 N–H and O–H groups in total. The van der Waals surface area contributed by atoms with Crippen molar-refractivity contribution in [1.29, 1.82) is 0 Å². The zero-order chi connectivity index (χ0) is 15.5. The molecule has 1 amide bonds. The van der Waals surface area contributed by atoms with Crippen molar-refractivity contribution in [3.05, 3.63) is 29.8 Å². The number of hydrogen-bond donors (Lipinski definition) is 2. The van der Waals surface area contributed by atoms with Gasteiger partial charge in [-0.05, 0) is 49.4 Å². The van der Waals surface area contributed by atoms with Crippen LogP contribution in [0.25, 0.3) is 0 Å². The number of rotatable bonds is 3. The van der Waals surface area contributed by atoms with E-state index in [0.717, 1.165) is 31.6 Å². The second kappa shape index (κ2) is 6.58. The molecule has 116 valence electrons. The maximum atomic E-state index is 12.2. The molecule has 6 heteroatoms. The Balaban J connectivity index is 2.00. The standard InChI is InChI=1S/C15H22N2O3S/c1-11-3-2-4-13(8-5-11)17-15(18)12-6-9-14(10-7-12)21(16,19)20/h6-7,9-11,13H,2-5,8H2,1H3,(H,17,18)(H2,16,19,20). The number of nitrogens with one attached hydrogen (secondary N) is 1. The Hall–Kier alpha value is -1.40. The smallest absolute Gasteiger partial charge is 0.251 e. The minimum atomic E-state index is -3.72. The Bertz CT molecular complexity index is 596. The van der Waals surface area contributed by atoms with Gasteiger partial charge < -0.3 is 5.32 Å². The SMILES string of the molecule is CC1CCCC(NC(=O)c2ccc(S(N)(=O)=O)cc2)CC1. The summed E-state index contributed by atoms with van der Waals surface area (Å²) in [5, 5.41) is 8.07. The van der Waals surface area contributed by atoms with Crippen molar-refractivity contribution in [2.75, 3.05) is 0 Å². The number of benzene rings is 1. The molecule has 21 heavy (non-hydrogen) atoms. The lowest BCUT2D eigenvalue weighted by molar-refractivity contribution is 0.0933. The highest BCUT2D eigenvalue weighted by Gasteiger charge is 2.18. The fourth-order valence-corrected chi connectivity index (χ4v) is 3.21. The van der Waals surface area contributed by atoms with Gasteiger partial charge in [0.15, 0.2) is 0 Å². The highest BCUT2D eigenvalue weighted by molar-refractivity contribution is 7.89. The maximum absolute atomic E-state index is 12.2. The molecular weight excluding hydrogens is 288 g/mol. The van der Waals surface area contributed by atoms with Gasteiger partial charge in [-0.3, -0.25) is 4.79 Å². The summed E-state index contributed by atoms with van der Waals surface area (Å²) < 4.78 is 22.4. The van der Waals surface area contributed by atoms with E-state index in [9.17, 15) is 13.2 Å². The van der Waals surface area contributed by atoms with Gasteiger partial charge in [-0.25, -0.2) is 13.6 Å². The van der Waals surface area contributed by atoms with Crippen molar-refractivity contribution in [2.45, 2.75) is 50.0 Å². The van der Waals surface area contributed by atoms with Crippen LogP contribution in [0.15, 0.2) is 29.2 Å². The van der Waals surface area contributed by atoms with E-state index in [1.165, 1.54) is 30.7 Å². The molecule has 0 spiro atoms. The number of hydrogen-bond acceptors (Lipinski definition) is 3. The quantitative estimate of drug-likeness (QED) is 0.837. The van der Waals surface area contributed by atoms with Gasteiger partial charge in [-0.1, -0.05) is 19.8 Å². The zero-order valence-electron chi connectivity index (χ0n) is 12.2. The third kappa shape index (κ3) is 4.54. The van der Waals surface area contributed by atoms with Gasteiger partial charge in [0.1, 0.15) is 0 Å². The first kappa shape index (κ1) is 16.0. The van der Waals surface area contributed by atoms with Gasteiger partial charge in [0.25, 0.3) is 5.91 Å². The summed E-state index contributed by atoms with van der Waals surface area (Å²) in [5.41, 5.74) is 0.458. The number of amides is 1. The van der Waals surface area contributed by atoms with Gasteiger partial charge in [0, 0.05) is 11.6 Å². The molecule has 1 aliphatic carbocycles.